The number of carbonyl (C=O) groups excluding carboxylic acids is 1. The summed E-state index contributed by atoms with van der Waals surface area (Å²) in [7, 11) is 0. The molecule has 2 aliphatic rings. The summed E-state index contributed by atoms with van der Waals surface area (Å²) in [5, 5.41) is 9.84. The van der Waals surface area contributed by atoms with Gasteiger partial charge in [0, 0.05) is 5.56 Å². The minimum absolute atomic E-state index is 0. The molecule has 0 aromatic heterocycles. The minimum atomic E-state index is -1.35. The number of rotatable bonds is 3. The van der Waals surface area contributed by atoms with Gasteiger partial charge < -0.3 is 5.11 Å². The van der Waals surface area contributed by atoms with Crippen LogP contribution in [0.4, 0.5) is 0 Å². The van der Waals surface area contributed by atoms with Crippen molar-refractivity contribution >= 4 is 11.8 Å². The van der Waals surface area contributed by atoms with E-state index in [1.54, 1.807) is 12.1 Å². The van der Waals surface area contributed by atoms with Crippen LogP contribution in [0.5, 0.6) is 0 Å². The number of carbonyl (C=O) groups is 2. The molecule has 0 aliphatic heterocycles. The maximum absolute atomic E-state index is 12.8. The zero-order valence-electron chi connectivity index (χ0n) is 13.8. The van der Waals surface area contributed by atoms with Crippen molar-refractivity contribution in [2.24, 2.45) is 5.41 Å². The Hall–Kier alpha value is -0.784. The van der Waals surface area contributed by atoms with Crippen LogP contribution in [0.25, 0.3) is 0 Å². The number of hydrogen-bond donors (Lipinski definition) is 1. The fourth-order valence-electron chi connectivity index (χ4n) is 4.03. The molecule has 1 unspecified atom stereocenters. The van der Waals surface area contributed by atoms with Crippen LogP contribution in [0, 0.1) is 5.41 Å². The van der Waals surface area contributed by atoms with E-state index in [4.69, 9.17) is 0 Å². The van der Waals surface area contributed by atoms with Crippen LogP contribution in [0.15, 0.2) is 42.5 Å². The van der Waals surface area contributed by atoms with E-state index in [-0.39, 0.29) is 70.0 Å². The van der Waals surface area contributed by atoms with E-state index in [9.17, 15) is 14.7 Å². The van der Waals surface area contributed by atoms with E-state index in [1.165, 1.54) is 11.1 Å². The predicted octanol–water partition coefficient (Wildman–Crippen LogP) is 0.232. The molecule has 0 amide bonds. The van der Waals surface area contributed by atoms with Crippen molar-refractivity contribution in [2.75, 3.05) is 0 Å². The summed E-state index contributed by atoms with van der Waals surface area (Å²) in [6.07, 6.45) is 3.87. The standard InChI is InChI=1S/C20H18O3.K/c21-18-17-7-2-1-4-16(17)12-20(18,19(22)23)11-13-8-9-14-5-3-6-15(14)10-13;/h1-2,4,7-10H,3,5-6,11-12H2,(H,22,23);/q;+1. The molecule has 4 rings (SSSR count). The van der Waals surface area contributed by atoms with Crippen LogP contribution < -0.4 is 51.4 Å². The topological polar surface area (TPSA) is 54.4 Å². The Balaban J connectivity index is 0.00000169. The molecule has 2 aromatic rings. The fourth-order valence-corrected chi connectivity index (χ4v) is 4.03. The zero-order valence-corrected chi connectivity index (χ0v) is 17.0. The molecule has 0 spiro atoms. The van der Waals surface area contributed by atoms with Crippen molar-refractivity contribution in [2.45, 2.75) is 32.1 Å². The number of carboxylic acids is 1. The van der Waals surface area contributed by atoms with Gasteiger partial charge in [0.1, 0.15) is 5.41 Å². The number of aliphatic carboxylic acids is 1. The normalized spacial score (nSPS) is 21.1. The Morgan fingerprint density at radius 3 is 2.54 bits per heavy atom. The van der Waals surface area contributed by atoms with Crippen molar-refractivity contribution in [3.8, 4) is 0 Å². The van der Waals surface area contributed by atoms with Crippen molar-refractivity contribution in [1.82, 2.24) is 0 Å². The molecule has 0 bridgehead atoms. The van der Waals surface area contributed by atoms with Gasteiger partial charge in [0.05, 0.1) is 0 Å². The van der Waals surface area contributed by atoms with Gasteiger partial charge in [-0.25, -0.2) is 0 Å². The minimum Gasteiger partial charge on any atom is -0.480 e. The molecular weight excluding hydrogens is 327 g/mol. The van der Waals surface area contributed by atoms with Gasteiger partial charge in [0.15, 0.2) is 5.78 Å². The summed E-state index contributed by atoms with van der Waals surface area (Å²) < 4.78 is 0. The summed E-state index contributed by atoms with van der Waals surface area (Å²) in [4.78, 5) is 24.8. The molecule has 1 N–H and O–H groups in total. The Labute approximate surface area is 183 Å². The number of Topliss-reactive ketones (excluding diaryl/α,β-unsaturated/α-hetero) is 1. The first-order valence-electron chi connectivity index (χ1n) is 8.07. The van der Waals surface area contributed by atoms with Crippen molar-refractivity contribution < 1.29 is 66.1 Å². The van der Waals surface area contributed by atoms with Gasteiger partial charge in [-0.15, -0.1) is 0 Å². The van der Waals surface area contributed by atoms with Gasteiger partial charge >= 0.3 is 57.4 Å². The predicted molar refractivity (Wildman–Crippen MR) is 86.7 cm³/mol. The van der Waals surface area contributed by atoms with Gasteiger partial charge in [-0.3, -0.25) is 9.59 Å². The molecule has 0 radical (unpaired) electrons. The zero-order chi connectivity index (χ0) is 16.0. The quantitative estimate of drug-likeness (QED) is 0.640. The van der Waals surface area contributed by atoms with Gasteiger partial charge in [-0.2, -0.15) is 0 Å². The van der Waals surface area contributed by atoms with Crippen LogP contribution in [-0.2, 0) is 30.5 Å². The summed E-state index contributed by atoms with van der Waals surface area (Å²) in [6, 6.07) is 13.4. The molecular formula is C20H18KO3+. The Bertz CT molecular complexity index is 827. The number of hydrogen-bond acceptors (Lipinski definition) is 2. The van der Waals surface area contributed by atoms with E-state index in [0.29, 0.717) is 5.56 Å². The van der Waals surface area contributed by atoms with Crippen LogP contribution in [0.3, 0.4) is 0 Å². The molecule has 116 valence electrons. The third-order valence-corrected chi connectivity index (χ3v) is 5.27. The average molecular weight is 345 g/mol. The molecule has 2 aromatic carbocycles. The smallest absolute Gasteiger partial charge is 0.480 e. The third kappa shape index (κ3) is 2.84. The van der Waals surface area contributed by atoms with E-state index in [2.05, 4.69) is 12.1 Å². The third-order valence-electron chi connectivity index (χ3n) is 5.27. The summed E-state index contributed by atoms with van der Waals surface area (Å²) in [6.45, 7) is 0. The second-order valence-corrected chi connectivity index (χ2v) is 6.68. The van der Waals surface area contributed by atoms with E-state index < -0.39 is 11.4 Å². The first kappa shape index (κ1) is 18.0. The monoisotopic (exact) mass is 345 g/mol. The maximum atomic E-state index is 12.8. The van der Waals surface area contributed by atoms with Gasteiger partial charge in [-0.1, -0.05) is 42.5 Å². The van der Waals surface area contributed by atoms with E-state index in [0.717, 1.165) is 30.4 Å². The first-order valence-corrected chi connectivity index (χ1v) is 8.07. The largest absolute Gasteiger partial charge is 1.00 e. The van der Waals surface area contributed by atoms with Crippen LogP contribution in [-0.4, -0.2) is 16.9 Å². The summed E-state index contributed by atoms with van der Waals surface area (Å²) in [5.41, 5.74) is 3.69. The maximum Gasteiger partial charge on any atom is 1.00 e. The molecule has 0 fully saturated rings. The van der Waals surface area contributed by atoms with Gasteiger partial charge in [0.25, 0.3) is 0 Å². The molecule has 1 atom stereocenters. The first-order chi connectivity index (χ1) is 11.1. The van der Waals surface area contributed by atoms with Gasteiger partial charge in [0.2, 0.25) is 0 Å². The van der Waals surface area contributed by atoms with Crippen LogP contribution in [0.1, 0.15) is 39.0 Å². The second kappa shape index (κ2) is 6.85. The van der Waals surface area contributed by atoms with Crippen molar-refractivity contribution in [1.29, 1.82) is 0 Å². The van der Waals surface area contributed by atoms with Crippen LogP contribution >= 0.6 is 0 Å². The average Bonchev–Trinajstić information content (AvgIpc) is 3.11. The van der Waals surface area contributed by atoms with Crippen LogP contribution in [0.2, 0.25) is 0 Å². The van der Waals surface area contributed by atoms with E-state index >= 15 is 0 Å². The number of benzene rings is 2. The van der Waals surface area contributed by atoms with Crippen molar-refractivity contribution in [3.05, 3.63) is 70.3 Å². The molecule has 0 heterocycles. The van der Waals surface area contributed by atoms with Crippen molar-refractivity contribution in [3.63, 3.8) is 0 Å². The van der Waals surface area contributed by atoms with Gasteiger partial charge in [-0.05, 0) is 54.4 Å². The number of carboxylic acid groups (broad SMARTS) is 1. The summed E-state index contributed by atoms with van der Waals surface area (Å²) in [5.74, 6) is -1.26. The number of fused-ring (bicyclic) bond motifs is 2. The number of ketones is 1. The fraction of sp³-hybridized carbons (Fsp3) is 0.300. The Kier molecular flexibility index (Phi) is 5.14. The molecule has 4 heteroatoms. The molecule has 2 aliphatic carbocycles. The number of aryl methyl sites for hydroxylation is 2. The molecule has 0 saturated carbocycles. The molecule has 0 saturated heterocycles. The Morgan fingerprint density at radius 1 is 1.04 bits per heavy atom. The Morgan fingerprint density at radius 2 is 1.79 bits per heavy atom. The second-order valence-electron chi connectivity index (χ2n) is 6.68. The summed E-state index contributed by atoms with van der Waals surface area (Å²) >= 11 is 0. The SMILES string of the molecule is O=C(O)C1(Cc2ccc3c(c2)CCC3)Cc2ccccc2C1=O.[K+]. The van der Waals surface area contributed by atoms with E-state index in [1.807, 2.05) is 18.2 Å². The molecule has 24 heavy (non-hydrogen) atoms. The molecule has 3 nitrogen and oxygen atoms in total.